The summed E-state index contributed by atoms with van der Waals surface area (Å²) in [5.74, 6) is -3.80. The van der Waals surface area contributed by atoms with Gasteiger partial charge in [-0.1, -0.05) is 6.07 Å². The van der Waals surface area contributed by atoms with E-state index in [2.05, 4.69) is 15.4 Å². The second kappa shape index (κ2) is 10.1. The summed E-state index contributed by atoms with van der Waals surface area (Å²) in [5.41, 5.74) is -0.148. The van der Waals surface area contributed by atoms with Crippen LogP contribution < -0.4 is 10.1 Å². The van der Waals surface area contributed by atoms with E-state index in [1.54, 1.807) is 11.9 Å². The molecule has 8 nitrogen and oxygen atoms in total. The van der Waals surface area contributed by atoms with Crippen molar-refractivity contribution in [3.63, 3.8) is 0 Å². The Hall–Kier alpha value is -4.05. The standard InChI is InChI=1S/C24H21F5N6O2/c1-34-6-5-20(23(25,26)14-34)35-12-16(10-32-35)22-15(9-30)7-18(11-31-22)33-21(36)13-37-19-4-2-3-17(8-19)24(27,28)29/h2-4,7-8,10-12,20H,5-6,13-14H2,1H3,(H,33,36). The molecule has 1 amide bonds. The minimum atomic E-state index is -4.55. The molecule has 1 unspecified atom stereocenters. The average molecular weight is 520 g/mol. The predicted octanol–water partition coefficient (Wildman–Crippen LogP) is 4.36. The molecular weight excluding hydrogens is 499 g/mol. The molecule has 1 aliphatic heterocycles. The van der Waals surface area contributed by atoms with Crippen molar-refractivity contribution >= 4 is 11.6 Å². The molecule has 0 aliphatic carbocycles. The second-order valence-electron chi connectivity index (χ2n) is 8.61. The summed E-state index contributed by atoms with van der Waals surface area (Å²) < 4.78 is 73.8. The lowest BCUT2D eigenvalue weighted by Crippen LogP contribution is -2.47. The van der Waals surface area contributed by atoms with Gasteiger partial charge in [0.2, 0.25) is 0 Å². The van der Waals surface area contributed by atoms with Gasteiger partial charge in [0, 0.05) is 18.3 Å². The fraction of sp³-hybridized carbons (Fsp3) is 0.333. The summed E-state index contributed by atoms with van der Waals surface area (Å²) in [6.45, 7) is -0.480. The first-order valence-electron chi connectivity index (χ1n) is 11.1. The SMILES string of the molecule is CN1CCC(n2cc(-c3ncc(NC(=O)COc4cccc(C(F)(F)F)c4)cc3C#N)cn2)C(F)(F)C1. The molecule has 4 rings (SSSR count). The van der Waals surface area contributed by atoms with Crippen LogP contribution >= 0.6 is 0 Å². The molecule has 2 aromatic heterocycles. The number of ether oxygens (including phenoxy) is 1. The van der Waals surface area contributed by atoms with Crippen molar-refractivity contribution in [3.05, 3.63) is 60.0 Å². The van der Waals surface area contributed by atoms with Crippen molar-refractivity contribution in [2.24, 2.45) is 0 Å². The molecule has 194 valence electrons. The number of piperidine rings is 1. The highest BCUT2D eigenvalue weighted by molar-refractivity contribution is 5.92. The van der Waals surface area contributed by atoms with Crippen LogP contribution in [0.2, 0.25) is 0 Å². The largest absolute Gasteiger partial charge is 0.484 e. The fourth-order valence-corrected chi connectivity index (χ4v) is 4.01. The van der Waals surface area contributed by atoms with Gasteiger partial charge in [0.1, 0.15) is 17.9 Å². The Kier molecular flexibility index (Phi) is 7.13. The van der Waals surface area contributed by atoms with E-state index in [-0.39, 0.29) is 35.7 Å². The maximum atomic E-state index is 14.5. The molecule has 0 spiro atoms. The number of pyridine rings is 1. The second-order valence-corrected chi connectivity index (χ2v) is 8.61. The van der Waals surface area contributed by atoms with Crippen LogP contribution in [-0.4, -0.2) is 58.2 Å². The van der Waals surface area contributed by atoms with Crippen molar-refractivity contribution in [1.29, 1.82) is 5.26 Å². The zero-order valence-corrected chi connectivity index (χ0v) is 19.5. The van der Waals surface area contributed by atoms with Gasteiger partial charge in [-0.3, -0.25) is 14.5 Å². The summed E-state index contributed by atoms with van der Waals surface area (Å²) in [4.78, 5) is 18.0. The highest BCUT2D eigenvalue weighted by Crippen LogP contribution is 2.37. The smallest absolute Gasteiger partial charge is 0.416 e. The number of amides is 1. The fourth-order valence-electron chi connectivity index (χ4n) is 4.01. The molecule has 1 fully saturated rings. The summed E-state index contributed by atoms with van der Waals surface area (Å²) in [7, 11) is 1.62. The number of alkyl halides is 5. The van der Waals surface area contributed by atoms with E-state index in [4.69, 9.17) is 4.74 Å². The summed E-state index contributed by atoms with van der Waals surface area (Å²) >= 11 is 0. The van der Waals surface area contributed by atoms with Gasteiger partial charge in [0.15, 0.2) is 6.61 Å². The van der Waals surface area contributed by atoms with Gasteiger partial charge in [0.25, 0.3) is 11.8 Å². The Morgan fingerprint density at radius 2 is 2.08 bits per heavy atom. The van der Waals surface area contributed by atoms with Crippen molar-refractivity contribution in [2.45, 2.75) is 24.6 Å². The third-order valence-corrected chi connectivity index (χ3v) is 5.77. The molecule has 1 saturated heterocycles. The molecule has 0 radical (unpaired) electrons. The van der Waals surface area contributed by atoms with Crippen LogP contribution in [0.5, 0.6) is 5.75 Å². The third-order valence-electron chi connectivity index (χ3n) is 5.77. The van der Waals surface area contributed by atoms with Gasteiger partial charge >= 0.3 is 6.18 Å². The molecule has 0 bridgehead atoms. The van der Waals surface area contributed by atoms with E-state index < -0.39 is 36.2 Å². The lowest BCUT2D eigenvalue weighted by Gasteiger charge is -2.36. The Morgan fingerprint density at radius 3 is 2.78 bits per heavy atom. The van der Waals surface area contributed by atoms with E-state index in [1.807, 2.05) is 6.07 Å². The number of halogens is 5. The summed E-state index contributed by atoms with van der Waals surface area (Å²) in [5, 5.41) is 16.1. The lowest BCUT2D eigenvalue weighted by atomic mass is 10.0. The van der Waals surface area contributed by atoms with Crippen LogP contribution in [0.4, 0.5) is 27.6 Å². The van der Waals surface area contributed by atoms with Gasteiger partial charge in [-0.25, -0.2) is 8.78 Å². The Balaban J connectivity index is 1.43. The van der Waals surface area contributed by atoms with Crippen molar-refractivity contribution in [1.82, 2.24) is 19.7 Å². The topological polar surface area (TPSA) is 96.1 Å². The number of hydrogen-bond acceptors (Lipinski definition) is 6. The number of carbonyl (C=O) groups excluding carboxylic acids is 1. The molecule has 1 atom stereocenters. The molecule has 3 aromatic rings. The maximum absolute atomic E-state index is 14.5. The number of anilines is 1. The van der Waals surface area contributed by atoms with Crippen LogP contribution in [-0.2, 0) is 11.0 Å². The van der Waals surface area contributed by atoms with Gasteiger partial charge in [-0.05, 0) is 37.7 Å². The zero-order valence-electron chi connectivity index (χ0n) is 19.5. The average Bonchev–Trinajstić information content (AvgIpc) is 3.31. The van der Waals surface area contributed by atoms with Crippen molar-refractivity contribution < 1.29 is 31.5 Å². The van der Waals surface area contributed by atoms with E-state index in [0.29, 0.717) is 12.1 Å². The van der Waals surface area contributed by atoms with Crippen LogP contribution in [0, 0.1) is 11.3 Å². The van der Waals surface area contributed by atoms with Crippen LogP contribution in [0.15, 0.2) is 48.9 Å². The van der Waals surface area contributed by atoms with Crippen LogP contribution in [0.25, 0.3) is 11.3 Å². The first kappa shape index (κ1) is 26.0. The molecule has 3 heterocycles. The monoisotopic (exact) mass is 520 g/mol. The normalized spacial score (nSPS) is 17.7. The molecule has 37 heavy (non-hydrogen) atoms. The number of likely N-dealkylation sites (tertiary alicyclic amines) is 1. The van der Waals surface area contributed by atoms with Gasteiger partial charge in [-0.15, -0.1) is 0 Å². The van der Waals surface area contributed by atoms with Gasteiger partial charge in [-0.2, -0.15) is 23.5 Å². The van der Waals surface area contributed by atoms with Gasteiger partial charge in [0.05, 0.1) is 41.4 Å². The Morgan fingerprint density at radius 1 is 1.30 bits per heavy atom. The molecule has 1 aliphatic rings. The number of carbonyl (C=O) groups is 1. The Bertz CT molecular complexity index is 1330. The van der Waals surface area contributed by atoms with Crippen molar-refractivity contribution in [3.8, 4) is 23.1 Å². The highest BCUT2D eigenvalue weighted by Gasteiger charge is 2.45. The molecule has 0 saturated carbocycles. The molecule has 13 heteroatoms. The summed E-state index contributed by atoms with van der Waals surface area (Å²) in [6.07, 6.45) is -0.323. The summed E-state index contributed by atoms with van der Waals surface area (Å²) in [6, 6.07) is 6.27. The van der Waals surface area contributed by atoms with Gasteiger partial charge < -0.3 is 15.0 Å². The number of nitrogens with zero attached hydrogens (tertiary/aromatic N) is 5. The lowest BCUT2D eigenvalue weighted by molar-refractivity contribution is -0.137. The minimum absolute atomic E-state index is 0.0614. The number of nitrogens with one attached hydrogen (secondary N) is 1. The third kappa shape index (κ3) is 6.03. The predicted molar refractivity (Wildman–Crippen MR) is 122 cm³/mol. The number of nitriles is 1. The highest BCUT2D eigenvalue weighted by atomic mass is 19.4. The maximum Gasteiger partial charge on any atom is 0.416 e. The van der Waals surface area contributed by atoms with Crippen LogP contribution in [0.3, 0.4) is 0 Å². The van der Waals surface area contributed by atoms with E-state index >= 15 is 0 Å². The van der Waals surface area contributed by atoms with Crippen LogP contribution in [0.1, 0.15) is 23.6 Å². The number of aromatic nitrogens is 3. The first-order valence-corrected chi connectivity index (χ1v) is 11.1. The van der Waals surface area contributed by atoms with E-state index in [1.165, 1.54) is 35.4 Å². The first-order chi connectivity index (χ1) is 17.5. The van der Waals surface area contributed by atoms with E-state index in [9.17, 15) is 32.0 Å². The molecular formula is C24H21F5N6O2. The number of rotatable bonds is 6. The van der Waals surface area contributed by atoms with Crippen molar-refractivity contribution in [2.75, 3.05) is 32.1 Å². The number of benzene rings is 1. The van der Waals surface area contributed by atoms with E-state index in [0.717, 1.165) is 18.2 Å². The molecule has 1 N–H and O–H groups in total. The Labute approximate surface area is 208 Å². The molecule has 1 aromatic carbocycles. The minimum Gasteiger partial charge on any atom is -0.484 e. The quantitative estimate of drug-likeness (QED) is 0.485. The zero-order chi connectivity index (χ0) is 26.8. The number of hydrogen-bond donors (Lipinski definition) is 1.